The molecule has 9 atom stereocenters. The van der Waals surface area contributed by atoms with Gasteiger partial charge in [0, 0.05) is 19.6 Å². The fourth-order valence-corrected chi connectivity index (χ4v) is 6.96. The van der Waals surface area contributed by atoms with E-state index < -0.39 is 102 Å². The molecular weight excluding hydrogens is 861 g/mol. The molecule has 18 N–H and O–H groups in total. The standard InChI is InChI=1S/C42H70N14O10/c1-22(2)20-30(36(61)50-23(3)33(58)53-29(40(65)66)15-10-18-49-42(46)47)54-34(59)24(4)51-38(63)32(25(5)57)55-37(62)31-16-11-19-56(31)39(64)28(14-9-17-48-41(44)45)52-35(60)27(43)21-26-12-7-6-8-13-26/h6-8,12-13,22-25,27-32,57H,9-11,14-21,43H2,1-5H3,(H,50,61)(H,51,63)(H,52,60)(H,53,58)(H,54,59)(H,55,62)(H,65,66)(H4,44,45,48)(H4,46,47,49)/t23-,24+,25-,27+,28+,29+,30+,31+,32+/m1/s1. The number of hydrogen-bond donors (Lipinski definition) is 13. The van der Waals surface area contributed by atoms with E-state index in [1.54, 1.807) is 13.8 Å². The van der Waals surface area contributed by atoms with Crippen molar-refractivity contribution in [2.24, 2.45) is 44.6 Å². The molecule has 66 heavy (non-hydrogen) atoms. The highest BCUT2D eigenvalue weighted by Crippen LogP contribution is 2.21. The molecule has 1 heterocycles. The second kappa shape index (κ2) is 27.7. The van der Waals surface area contributed by atoms with Crippen molar-refractivity contribution >= 4 is 59.2 Å². The van der Waals surface area contributed by atoms with E-state index in [1.165, 1.54) is 25.7 Å². The minimum Gasteiger partial charge on any atom is -0.480 e. The lowest BCUT2D eigenvalue weighted by molar-refractivity contribution is -0.143. The van der Waals surface area contributed by atoms with Crippen LogP contribution in [-0.4, -0.2) is 148 Å². The summed E-state index contributed by atoms with van der Waals surface area (Å²) in [6, 6.07) is -0.716. The number of aliphatic hydroxyl groups is 1. The van der Waals surface area contributed by atoms with Crippen LogP contribution in [0.15, 0.2) is 40.3 Å². The maximum atomic E-state index is 14.1. The van der Waals surface area contributed by atoms with Gasteiger partial charge in [-0.05, 0) is 83.6 Å². The van der Waals surface area contributed by atoms with E-state index in [9.17, 15) is 48.6 Å². The molecule has 24 nitrogen and oxygen atoms in total. The first-order chi connectivity index (χ1) is 31.0. The van der Waals surface area contributed by atoms with Gasteiger partial charge in [0.2, 0.25) is 41.4 Å². The van der Waals surface area contributed by atoms with Crippen LogP contribution < -0.4 is 60.6 Å². The summed E-state index contributed by atoms with van der Waals surface area (Å²) in [5.74, 6) is -6.99. The van der Waals surface area contributed by atoms with Crippen LogP contribution in [0.4, 0.5) is 0 Å². The SMILES string of the molecule is CC(C)C[C@H](NC(=O)[C@H](C)NC(=O)[C@@H](NC(=O)[C@@H]1CCCN1C(=O)[C@H](CCCN=C(N)N)NC(=O)[C@@H](N)Cc1ccccc1)[C@@H](C)O)C(=O)N[C@H](C)C(=O)N[C@@H](CCCN=C(N)N)C(=O)O. The van der Waals surface area contributed by atoms with E-state index >= 15 is 0 Å². The summed E-state index contributed by atoms with van der Waals surface area (Å²) in [4.78, 5) is 115. The fraction of sp³-hybridized carbons (Fsp3) is 0.619. The van der Waals surface area contributed by atoms with Gasteiger partial charge >= 0.3 is 5.97 Å². The topological polar surface area (TPSA) is 407 Å². The van der Waals surface area contributed by atoms with Crippen molar-refractivity contribution in [3.63, 3.8) is 0 Å². The summed E-state index contributed by atoms with van der Waals surface area (Å²) >= 11 is 0. The average molecular weight is 931 g/mol. The predicted molar refractivity (Wildman–Crippen MR) is 244 cm³/mol. The van der Waals surface area contributed by atoms with E-state index in [-0.39, 0.29) is 76.0 Å². The number of likely N-dealkylation sites (tertiary alicyclic amines) is 1. The zero-order valence-electron chi connectivity index (χ0n) is 38.3. The molecule has 368 valence electrons. The highest BCUT2D eigenvalue weighted by molar-refractivity contribution is 5.97. The molecular formula is C42H70N14O10. The molecule has 1 aromatic carbocycles. The zero-order valence-corrected chi connectivity index (χ0v) is 38.3. The Morgan fingerprint density at radius 3 is 1.73 bits per heavy atom. The zero-order chi connectivity index (χ0) is 49.7. The van der Waals surface area contributed by atoms with Crippen LogP contribution in [0.2, 0.25) is 0 Å². The number of nitrogens with zero attached hydrogens (tertiary/aromatic N) is 3. The molecule has 1 saturated heterocycles. The smallest absolute Gasteiger partial charge is 0.326 e. The monoisotopic (exact) mass is 931 g/mol. The van der Waals surface area contributed by atoms with Gasteiger partial charge in [0.25, 0.3) is 0 Å². The number of carbonyl (C=O) groups excluding carboxylic acids is 7. The molecule has 1 aromatic rings. The summed E-state index contributed by atoms with van der Waals surface area (Å²) < 4.78 is 0. The molecule has 2 rings (SSSR count). The minimum atomic E-state index is -1.59. The van der Waals surface area contributed by atoms with Crippen LogP contribution in [-0.2, 0) is 44.8 Å². The number of amides is 7. The predicted octanol–water partition coefficient (Wildman–Crippen LogP) is -3.89. The van der Waals surface area contributed by atoms with Crippen molar-refractivity contribution in [2.75, 3.05) is 19.6 Å². The summed E-state index contributed by atoms with van der Waals surface area (Å²) in [5.41, 5.74) is 28.5. The third-order valence-electron chi connectivity index (χ3n) is 10.5. The summed E-state index contributed by atoms with van der Waals surface area (Å²) in [5, 5.41) is 35.3. The molecule has 0 aliphatic carbocycles. The molecule has 0 saturated carbocycles. The number of carbonyl (C=O) groups is 8. The first-order valence-electron chi connectivity index (χ1n) is 22.0. The van der Waals surface area contributed by atoms with Gasteiger partial charge in [0.05, 0.1) is 12.1 Å². The Morgan fingerprint density at radius 2 is 1.21 bits per heavy atom. The Bertz CT molecular complexity index is 1870. The third kappa shape index (κ3) is 19.3. The fourth-order valence-electron chi connectivity index (χ4n) is 6.96. The highest BCUT2D eigenvalue weighted by Gasteiger charge is 2.40. The molecule has 0 spiro atoms. The molecule has 24 heteroatoms. The molecule has 0 unspecified atom stereocenters. The van der Waals surface area contributed by atoms with E-state index in [1.807, 2.05) is 30.3 Å². The number of carboxylic acids is 1. The molecule has 1 aliphatic rings. The molecule has 0 aromatic heterocycles. The van der Waals surface area contributed by atoms with Crippen molar-refractivity contribution in [2.45, 2.75) is 140 Å². The lowest BCUT2D eigenvalue weighted by Gasteiger charge is -2.31. The first kappa shape index (κ1) is 55.6. The van der Waals surface area contributed by atoms with Crippen LogP contribution in [0.3, 0.4) is 0 Å². The Hall–Kier alpha value is -6.56. The van der Waals surface area contributed by atoms with Crippen molar-refractivity contribution in [3.8, 4) is 0 Å². The number of rotatable bonds is 27. The van der Waals surface area contributed by atoms with Crippen molar-refractivity contribution in [1.29, 1.82) is 0 Å². The lowest BCUT2D eigenvalue weighted by Crippen LogP contribution is -2.61. The molecule has 1 aliphatic heterocycles. The number of guanidine groups is 2. The number of nitrogens with two attached hydrogens (primary N) is 5. The molecule has 0 radical (unpaired) electrons. The van der Waals surface area contributed by atoms with Crippen LogP contribution in [0.5, 0.6) is 0 Å². The Labute approximate surface area is 384 Å². The number of hydrogen-bond acceptors (Lipinski definition) is 12. The van der Waals surface area contributed by atoms with Gasteiger partial charge in [-0.15, -0.1) is 0 Å². The quantitative estimate of drug-likeness (QED) is 0.0228. The van der Waals surface area contributed by atoms with E-state index in [2.05, 4.69) is 41.9 Å². The van der Waals surface area contributed by atoms with Gasteiger partial charge < -0.3 is 75.7 Å². The van der Waals surface area contributed by atoms with E-state index in [4.69, 9.17) is 28.7 Å². The normalized spacial score (nSPS) is 17.0. The number of nitrogens with one attached hydrogen (secondary N) is 6. The first-order valence-corrected chi connectivity index (χ1v) is 22.0. The van der Waals surface area contributed by atoms with Crippen molar-refractivity contribution < 1.29 is 48.6 Å². The number of aliphatic hydroxyl groups excluding tert-OH is 1. The second-order valence-electron chi connectivity index (χ2n) is 16.7. The van der Waals surface area contributed by atoms with E-state index in [0.29, 0.717) is 12.8 Å². The van der Waals surface area contributed by atoms with Gasteiger partial charge in [-0.2, -0.15) is 0 Å². The second-order valence-corrected chi connectivity index (χ2v) is 16.7. The van der Waals surface area contributed by atoms with Crippen LogP contribution in [0.1, 0.15) is 85.1 Å². The maximum absolute atomic E-state index is 14.1. The van der Waals surface area contributed by atoms with Gasteiger partial charge in [-0.1, -0.05) is 44.2 Å². The Morgan fingerprint density at radius 1 is 0.697 bits per heavy atom. The van der Waals surface area contributed by atoms with Crippen LogP contribution >= 0.6 is 0 Å². The molecule has 0 bridgehead atoms. The van der Waals surface area contributed by atoms with Gasteiger partial charge in [-0.3, -0.25) is 43.5 Å². The summed E-state index contributed by atoms with van der Waals surface area (Å²) in [6.45, 7) is 7.93. The molecule has 1 fully saturated rings. The van der Waals surface area contributed by atoms with Crippen LogP contribution in [0, 0.1) is 5.92 Å². The largest absolute Gasteiger partial charge is 0.480 e. The third-order valence-corrected chi connectivity index (χ3v) is 10.5. The van der Waals surface area contributed by atoms with Crippen LogP contribution in [0.25, 0.3) is 0 Å². The van der Waals surface area contributed by atoms with Gasteiger partial charge in [-0.25, -0.2) is 4.79 Å². The highest BCUT2D eigenvalue weighted by atomic mass is 16.4. The average Bonchev–Trinajstić information content (AvgIpc) is 3.74. The minimum absolute atomic E-state index is 0.00354. The molecule has 7 amide bonds. The van der Waals surface area contributed by atoms with Gasteiger partial charge in [0.15, 0.2) is 11.9 Å². The lowest BCUT2D eigenvalue weighted by atomic mass is 10.0. The number of carboxylic acid groups (broad SMARTS) is 1. The summed E-state index contributed by atoms with van der Waals surface area (Å²) in [6.07, 6.45) is 0.0991. The number of aliphatic carboxylic acids is 1. The summed E-state index contributed by atoms with van der Waals surface area (Å²) in [7, 11) is 0. The number of aliphatic imine (C=N–C) groups is 2. The number of benzene rings is 1. The van der Waals surface area contributed by atoms with E-state index in [0.717, 1.165) is 5.56 Å². The Balaban J connectivity index is 2.12. The van der Waals surface area contributed by atoms with Gasteiger partial charge in [0.1, 0.15) is 42.3 Å². The van der Waals surface area contributed by atoms with Crippen molar-refractivity contribution in [3.05, 3.63) is 35.9 Å². The van der Waals surface area contributed by atoms with Crippen molar-refractivity contribution in [1.82, 2.24) is 36.8 Å². The Kier molecular flexibility index (Phi) is 23.3. The maximum Gasteiger partial charge on any atom is 0.326 e.